The first-order chi connectivity index (χ1) is 17.0. The van der Waals surface area contributed by atoms with E-state index in [1.807, 2.05) is 52.9 Å². The number of fused-ring (bicyclic) bond motifs is 3. The number of amides is 1. The minimum absolute atomic E-state index is 0.0705. The highest BCUT2D eigenvalue weighted by atomic mass is 32.2. The number of nitrogens with zero attached hydrogens (tertiary/aromatic N) is 4. The normalized spacial score (nSPS) is 11.1. The number of carbonyl (C=O) groups is 2. The van der Waals surface area contributed by atoms with E-state index in [0.717, 1.165) is 5.56 Å². The monoisotopic (exact) mass is 483 g/mol. The molecule has 35 heavy (non-hydrogen) atoms. The quantitative estimate of drug-likeness (QED) is 0.277. The number of anilines is 1. The largest absolute Gasteiger partial charge is 0.325 e. The zero-order chi connectivity index (χ0) is 24.4. The Hall–Kier alpha value is -4.24. The smallest absolute Gasteiger partial charge is 0.263 e. The lowest BCUT2D eigenvalue weighted by Gasteiger charge is -2.11. The Morgan fingerprint density at radius 1 is 0.943 bits per heavy atom. The minimum Gasteiger partial charge on any atom is -0.325 e. The molecule has 1 amide bonds. The van der Waals surface area contributed by atoms with Crippen LogP contribution in [0.1, 0.15) is 22.8 Å². The van der Waals surface area contributed by atoms with Gasteiger partial charge in [-0.15, -0.1) is 10.2 Å². The van der Waals surface area contributed by atoms with Gasteiger partial charge >= 0.3 is 0 Å². The Morgan fingerprint density at radius 3 is 2.51 bits per heavy atom. The number of rotatable bonds is 7. The van der Waals surface area contributed by atoms with Gasteiger partial charge in [-0.05, 0) is 36.8 Å². The summed E-state index contributed by atoms with van der Waals surface area (Å²) < 4.78 is 3.41. The van der Waals surface area contributed by atoms with Crippen molar-refractivity contribution in [3.05, 3.63) is 100 Å². The fourth-order valence-electron chi connectivity index (χ4n) is 3.88. The number of hydrogen-bond acceptors (Lipinski definition) is 6. The molecule has 174 valence electrons. The van der Waals surface area contributed by atoms with Gasteiger partial charge in [0.15, 0.2) is 10.9 Å². The fraction of sp³-hybridized carbons (Fsp3) is 0.115. The van der Waals surface area contributed by atoms with Crippen molar-refractivity contribution < 1.29 is 9.59 Å². The molecule has 0 spiro atoms. The maximum atomic E-state index is 13.3. The molecule has 0 fully saturated rings. The number of benzene rings is 3. The summed E-state index contributed by atoms with van der Waals surface area (Å²) in [6.45, 7) is 1.83. The van der Waals surface area contributed by atoms with Crippen LogP contribution in [0, 0.1) is 0 Å². The third-order valence-electron chi connectivity index (χ3n) is 5.55. The molecule has 0 aliphatic heterocycles. The maximum Gasteiger partial charge on any atom is 0.263 e. The third kappa shape index (κ3) is 4.58. The second kappa shape index (κ2) is 9.55. The van der Waals surface area contributed by atoms with Gasteiger partial charge in [0.2, 0.25) is 11.7 Å². The summed E-state index contributed by atoms with van der Waals surface area (Å²) in [5.41, 5.74) is 2.58. The number of carbonyl (C=O) groups excluding carboxylic acids is 2. The van der Waals surface area contributed by atoms with Crippen LogP contribution in [-0.2, 0) is 11.3 Å². The first kappa shape index (κ1) is 22.5. The van der Waals surface area contributed by atoms with Crippen molar-refractivity contribution in [3.63, 3.8) is 0 Å². The van der Waals surface area contributed by atoms with Crippen molar-refractivity contribution in [1.29, 1.82) is 0 Å². The van der Waals surface area contributed by atoms with E-state index in [4.69, 9.17) is 0 Å². The molecule has 2 aromatic heterocycles. The Balaban J connectivity index is 1.46. The van der Waals surface area contributed by atoms with E-state index < -0.39 is 0 Å². The Kier molecular flexibility index (Phi) is 6.15. The van der Waals surface area contributed by atoms with Crippen molar-refractivity contribution in [2.45, 2.75) is 18.6 Å². The predicted octanol–water partition coefficient (Wildman–Crippen LogP) is 4.03. The van der Waals surface area contributed by atoms with Crippen LogP contribution in [0.15, 0.2) is 88.8 Å². The number of para-hydroxylation sites is 1. The van der Waals surface area contributed by atoms with Gasteiger partial charge in [-0.2, -0.15) is 0 Å². The molecule has 0 radical (unpaired) electrons. The summed E-state index contributed by atoms with van der Waals surface area (Å²) in [7, 11) is 0. The van der Waals surface area contributed by atoms with Crippen LogP contribution in [0.25, 0.3) is 16.7 Å². The number of ketones is 1. The SMILES string of the molecule is CC(=O)c1cccc(NC(=O)CSc2nnc3n(Cc4ccccc4)c(=O)c4ccccc4n23)c1. The van der Waals surface area contributed by atoms with Crippen molar-refractivity contribution in [2.75, 3.05) is 11.1 Å². The number of nitrogens with one attached hydrogen (secondary N) is 1. The van der Waals surface area contributed by atoms with Crippen molar-refractivity contribution >= 4 is 45.8 Å². The summed E-state index contributed by atoms with van der Waals surface area (Å²) >= 11 is 1.23. The van der Waals surface area contributed by atoms with E-state index in [2.05, 4.69) is 15.5 Å². The number of thioether (sulfide) groups is 1. The van der Waals surface area contributed by atoms with Crippen LogP contribution < -0.4 is 10.9 Å². The van der Waals surface area contributed by atoms with Gasteiger partial charge in [-0.1, -0.05) is 66.4 Å². The van der Waals surface area contributed by atoms with E-state index >= 15 is 0 Å². The summed E-state index contributed by atoms with van der Waals surface area (Å²) in [5, 5.41) is 12.5. The molecule has 0 aliphatic rings. The summed E-state index contributed by atoms with van der Waals surface area (Å²) in [4.78, 5) is 37.5. The molecule has 9 heteroatoms. The maximum absolute atomic E-state index is 13.3. The lowest BCUT2D eigenvalue weighted by Crippen LogP contribution is -2.24. The number of hydrogen-bond donors (Lipinski definition) is 1. The van der Waals surface area contributed by atoms with E-state index in [9.17, 15) is 14.4 Å². The van der Waals surface area contributed by atoms with Crippen molar-refractivity contribution in [3.8, 4) is 0 Å². The molecule has 2 heterocycles. The highest BCUT2D eigenvalue weighted by molar-refractivity contribution is 7.99. The molecule has 5 rings (SSSR count). The van der Waals surface area contributed by atoms with Gasteiger partial charge in [0.1, 0.15) is 0 Å². The zero-order valence-electron chi connectivity index (χ0n) is 18.8. The molecule has 0 unspecified atom stereocenters. The topological polar surface area (TPSA) is 98.4 Å². The number of aromatic nitrogens is 4. The summed E-state index contributed by atoms with van der Waals surface area (Å²) in [5.74, 6) is 0.180. The van der Waals surface area contributed by atoms with Crippen LogP contribution >= 0.6 is 11.8 Å². The molecule has 0 atom stereocenters. The molecule has 0 saturated heterocycles. The van der Waals surface area contributed by atoms with Gasteiger partial charge in [0.05, 0.1) is 23.2 Å². The predicted molar refractivity (Wildman–Crippen MR) is 136 cm³/mol. The molecule has 0 aliphatic carbocycles. The van der Waals surface area contributed by atoms with Gasteiger partial charge in [-0.25, -0.2) is 0 Å². The standard InChI is InChI=1S/C26H21N5O3S/c1-17(32)19-10-7-11-20(14-19)27-23(33)16-35-26-29-28-25-30(15-18-8-3-2-4-9-18)24(34)21-12-5-6-13-22(21)31(25)26/h2-14H,15-16H2,1H3,(H,27,33). The van der Waals surface area contributed by atoms with Crippen LogP contribution in [-0.4, -0.2) is 36.6 Å². The molecule has 5 aromatic rings. The molecular weight excluding hydrogens is 462 g/mol. The average Bonchev–Trinajstić information content (AvgIpc) is 3.30. The Morgan fingerprint density at radius 2 is 1.71 bits per heavy atom. The van der Waals surface area contributed by atoms with Crippen molar-refractivity contribution in [2.24, 2.45) is 0 Å². The first-order valence-electron chi connectivity index (χ1n) is 11.0. The van der Waals surface area contributed by atoms with Gasteiger partial charge in [-0.3, -0.25) is 23.4 Å². The highest BCUT2D eigenvalue weighted by Gasteiger charge is 2.18. The molecule has 0 saturated carbocycles. The van der Waals surface area contributed by atoms with Gasteiger partial charge in [0.25, 0.3) is 5.56 Å². The second-order valence-corrected chi connectivity index (χ2v) is 8.93. The second-order valence-electron chi connectivity index (χ2n) is 7.99. The fourth-order valence-corrected chi connectivity index (χ4v) is 4.62. The third-order valence-corrected chi connectivity index (χ3v) is 6.48. The molecule has 3 aromatic carbocycles. The number of Topliss-reactive ketones (excluding diaryl/α,β-unsaturated/α-hetero) is 1. The van der Waals surface area contributed by atoms with E-state index in [-0.39, 0.29) is 23.0 Å². The summed E-state index contributed by atoms with van der Waals surface area (Å²) in [6.07, 6.45) is 0. The zero-order valence-corrected chi connectivity index (χ0v) is 19.7. The molecule has 0 bridgehead atoms. The minimum atomic E-state index is -0.241. The molecular formula is C26H21N5O3S. The van der Waals surface area contributed by atoms with Crippen LogP contribution in [0.2, 0.25) is 0 Å². The summed E-state index contributed by atoms with van der Waals surface area (Å²) in [6, 6.07) is 23.8. The first-order valence-corrected chi connectivity index (χ1v) is 11.9. The Labute approximate surface area is 204 Å². The van der Waals surface area contributed by atoms with Crippen LogP contribution in [0.4, 0.5) is 5.69 Å². The van der Waals surface area contributed by atoms with Crippen LogP contribution in [0.3, 0.4) is 0 Å². The lowest BCUT2D eigenvalue weighted by molar-refractivity contribution is -0.113. The lowest BCUT2D eigenvalue weighted by atomic mass is 10.1. The Bertz CT molecular complexity index is 1630. The van der Waals surface area contributed by atoms with Crippen molar-refractivity contribution in [1.82, 2.24) is 19.2 Å². The van der Waals surface area contributed by atoms with Crippen LogP contribution in [0.5, 0.6) is 0 Å². The molecule has 1 N–H and O–H groups in total. The van der Waals surface area contributed by atoms with Gasteiger partial charge in [0, 0.05) is 11.3 Å². The molecule has 8 nitrogen and oxygen atoms in total. The van der Waals surface area contributed by atoms with E-state index in [1.54, 1.807) is 34.9 Å². The van der Waals surface area contributed by atoms with E-state index in [1.165, 1.54) is 18.7 Å². The highest BCUT2D eigenvalue weighted by Crippen LogP contribution is 2.22. The van der Waals surface area contributed by atoms with Gasteiger partial charge < -0.3 is 5.32 Å². The average molecular weight is 484 g/mol. The van der Waals surface area contributed by atoms with E-state index in [0.29, 0.717) is 39.6 Å².